The van der Waals surface area contributed by atoms with Crippen molar-refractivity contribution < 1.29 is 9.90 Å². The number of nitrogens with zero attached hydrogens (tertiary/aromatic N) is 4. The third-order valence-corrected chi connectivity index (χ3v) is 5.75. The molecule has 2 saturated carbocycles. The first-order valence-electron chi connectivity index (χ1n) is 10.2. The van der Waals surface area contributed by atoms with Crippen LogP contribution in [0.5, 0.6) is 0 Å². The van der Waals surface area contributed by atoms with Crippen LogP contribution in [0.3, 0.4) is 0 Å². The number of aromatic nitrogens is 2. The van der Waals surface area contributed by atoms with E-state index in [1.54, 1.807) is 19.0 Å². The van der Waals surface area contributed by atoms with Gasteiger partial charge in [0.15, 0.2) is 0 Å². The van der Waals surface area contributed by atoms with E-state index >= 15 is 0 Å². The van der Waals surface area contributed by atoms with Gasteiger partial charge in [0.2, 0.25) is 11.9 Å². The molecular formula is C20H30N6O2. The zero-order valence-electron chi connectivity index (χ0n) is 16.7. The lowest BCUT2D eigenvalue weighted by Gasteiger charge is -2.30. The van der Waals surface area contributed by atoms with Crippen molar-refractivity contribution >= 4 is 17.7 Å². The van der Waals surface area contributed by atoms with Gasteiger partial charge in [-0.1, -0.05) is 0 Å². The molecule has 0 unspecified atom stereocenters. The van der Waals surface area contributed by atoms with Gasteiger partial charge >= 0.3 is 0 Å². The smallest absolute Gasteiger partial charge is 0.225 e. The van der Waals surface area contributed by atoms with Crippen LogP contribution in [0.4, 0.5) is 11.8 Å². The predicted octanol–water partition coefficient (Wildman–Crippen LogP) is 2.12. The molecule has 1 amide bonds. The van der Waals surface area contributed by atoms with Crippen molar-refractivity contribution in [1.82, 2.24) is 14.9 Å². The Morgan fingerprint density at radius 3 is 2.57 bits per heavy atom. The van der Waals surface area contributed by atoms with Crippen LogP contribution in [0.25, 0.3) is 0 Å². The summed E-state index contributed by atoms with van der Waals surface area (Å²) in [7, 11) is 3.61. The van der Waals surface area contributed by atoms with E-state index in [0.717, 1.165) is 44.9 Å². The maximum atomic E-state index is 12.1. The third kappa shape index (κ3) is 5.10. The van der Waals surface area contributed by atoms with Gasteiger partial charge in [0, 0.05) is 32.1 Å². The normalized spacial score (nSPS) is 27.5. The molecule has 2 fully saturated rings. The van der Waals surface area contributed by atoms with Gasteiger partial charge in [0.05, 0.1) is 12.3 Å². The minimum atomic E-state index is -0.295. The SMILES string of the molecule is CN(C)C(=O)C1CCC(Nc2ncc(C#N)c(N[C@@H]3CCC[C@@H](O)C3)n2)CC1. The summed E-state index contributed by atoms with van der Waals surface area (Å²) < 4.78 is 0. The van der Waals surface area contributed by atoms with Gasteiger partial charge in [-0.25, -0.2) is 4.98 Å². The summed E-state index contributed by atoms with van der Waals surface area (Å²) in [5, 5.41) is 25.9. The quantitative estimate of drug-likeness (QED) is 0.710. The summed E-state index contributed by atoms with van der Waals surface area (Å²) in [4.78, 5) is 22.6. The Kier molecular flexibility index (Phi) is 6.68. The van der Waals surface area contributed by atoms with Gasteiger partial charge in [-0.15, -0.1) is 0 Å². The van der Waals surface area contributed by atoms with Crippen LogP contribution in [-0.2, 0) is 4.79 Å². The molecule has 8 nitrogen and oxygen atoms in total. The summed E-state index contributed by atoms with van der Waals surface area (Å²) in [6.07, 6.45) is 8.17. The molecule has 0 radical (unpaired) electrons. The first-order chi connectivity index (χ1) is 13.5. The van der Waals surface area contributed by atoms with Gasteiger partial charge in [-0.3, -0.25) is 4.79 Å². The van der Waals surface area contributed by atoms with Crippen molar-refractivity contribution in [3.8, 4) is 6.07 Å². The molecule has 0 saturated heterocycles. The topological polar surface area (TPSA) is 114 Å². The molecule has 152 valence electrons. The maximum absolute atomic E-state index is 12.1. The second kappa shape index (κ2) is 9.20. The molecule has 0 bridgehead atoms. The lowest BCUT2D eigenvalue weighted by atomic mass is 9.85. The Labute approximate surface area is 166 Å². The highest BCUT2D eigenvalue weighted by Crippen LogP contribution is 2.28. The first-order valence-corrected chi connectivity index (χ1v) is 10.2. The van der Waals surface area contributed by atoms with Crippen molar-refractivity contribution in [2.24, 2.45) is 5.92 Å². The average molecular weight is 387 g/mol. The van der Waals surface area contributed by atoms with Gasteiger partial charge in [-0.05, 0) is 51.4 Å². The van der Waals surface area contributed by atoms with Crippen molar-refractivity contribution in [1.29, 1.82) is 5.26 Å². The summed E-state index contributed by atoms with van der Waals surface area (Å²) in [6, 6.07) is 2.48. The number of nitriles is 1. The first kappa shape index (κ1) is 20.3. The Hall–Kier alpha value is -2.40. The fourth-order valence-electron chi connectivity index (χ4n) is 4.16. The van der Waals surface area contributed by atoms with Crippen molar-refractivity contribution in [3.05, 3.63) is 11.8 Å². The van der Waals surface area contributed by atoms with E-state index in [1.165, 1.54) is 6.20 Å². The molecule has 0 aromatic carbocycles. The van der Waals surface area contributed by atoms with Crippen molar-refractivity contribution in [2.75, 3.05) is 24.7 Å². The van der Waals surface area contributed by atoms with Gasteiger partial charge in [0.25, 0.3) is 0 Å². The highest BCUT2D eigenvalue weighted by Gasteiger charge is 2.28. The van der Waals surface area contributed by atoms with Crippen LogP contribution in [0.2, 0.25) is 0 Å². The van der Waals surface area contributed by atoms with E-state index in [4.69, 9.17) is 0 Å². The highest BCUT2D eigenvalue weighted by molar-refractivity contribution is 5.78. The minimum absolute atomic E-state index is 0.102. The zero-order chi connectivity index (χ0) is 20.1. The fourth-order valence-corrected chi connectivity index (χ4v) is 4.16. The van der Waals surface area contributed by atoms with Crippen LogP contribution in [-0.4, -0.2) is 58.2 Å². The Bertz CT molecular complexity index is 724. The van der Waals surface area contributed by atoms with Crippen LogP contribution in [0.1, 0.15) is 56.9 Å². The molecule has 0 spiro atoms. The maximum Gasteiger partial charge on any atom is 0.225 e. The number of aliphatic hydroxyl groups excluding tert-OH is 1. The van der Waals surface area contributed by atoms with E-state index in [2.05, 4.69) is 26.7 Å². The van der Waals surface area contributed by atoms with Crippen LogP contribution in [0.15, 0.2) is 6.20 Å². The molecule has 1 aromatic heterocycles. The number of aliphatic hydroxyl groups is 1. The second-order valence-corrected chi connectivity index (χ2v) is 8.15. The van der Waals surface area contributed by atoms with Crippen LogP contribution >= 0.6 is 0 Å². The number of carbonyl (C=O) groups excluding carboxylic acids is 1. The second-order valence-electron chi connectivity index (χ2n) is 8.15. The van der Waals surface area contributed by atoms with Gasteiger partial charge in [0.1, 0.15) is 17.5 Å². The molecule has 2 aliphatic carbocycles. The summed E-state index contributed by atoms with van der Waals surface area (Å²) in [5.74, 6) is 1.33. The number of anilines is 2. The molecule has 28 heavy (non-hydrogen) atoms. The van der Waals surface area contributed by atoms with Gasteiger partial charge in [-0.2, -0.15) is 10.2 Å². The Balaban J connectivity index is 1.60. The average Bonchev–Trinajstić information content (AvgIpc) is 2.68. The number of hydrogen-bond donors (Lipinski definition) is 3. The monoisotopic (exact) mass is 386 g/mol. The molecular weight excluding hydrogens is 356 g/mol. The number of rotatable bonds is 5. The molecule has 1 heterocycles. The highest BCUT2D eigenvalue weighted by atomic mass is 16.3. The lowest BCUT2D eigenvalue weighted by Crippen LogP contribution is -2.35. The van der Waals surface area contributed by atoms with E-state index in [9.17, 15) is 15.2 Å². The molecule has 0 aliphatic heterocycles. The largest absolute Gasteiger partial charge is 0.393 e. The Morgan fingerprint density at radius 1 is 1.18 bits per heavy atom. The molecule has 2 atom stereocenters. The predicted molar refractivity (Wildman–Crippen MR) is 107 cm³/mol. The summed E-state index contributed by atoms with van der Waals surface area (Å²) >= 11 is 0. The molecule has 2 aliphatic rings. The van der Waals surface area contributed by atoms with Crippen LogP contribution < -0.4 is 10.6 Å². The number of amides is 1. The third-order valence-electron chi connectivity index (χ3n) is 5.75. The molecule has 1 aromatic rings. The van der Waals surface area contributed by atoms with Crippen LogP contribution in [0, 0.1) is 17.2 Å². The number of carbonyl (C=O) groups is 1. The summed E-state index contributed by atoms with van der Waals surface area (Å²) in [5.41, 5.74) is 0.408. The molecule has 3 rings (SSSR count). The summed E-state index contributed by atoms with van der Waals surface area (Å²) in [6.45, 7) is 0. The van der Waals surface area contributed by atoms with Crippen molar-refractivity contribution in [3.63, 3.8) is 0 Å². The molecule has 3 N–H and O–H groups in total. The zero-order valence-corrected chi connectivity index (χ0v) is 16.7. The van der Waals surface area contributed by atoms with Crippen molar-refractivity contribution in [2.45, 2.75) is 69.6 Å². The van der Waals surface area contributed by atoms with E-state index in [0.29, 0.717) is 23.8 Å². The number of nitrogens with one attached hydrogen (secondary N) is 2. The fraction of sp³-hybridized carbons (Fsp3) is 0.700. The Morgan fingerprint density at radius 2 is 1.93 bits per heavy atom. The van der Waals surface area contributed by atoms with E-state index < -0.39 is 0 Å². The van der Waals surface area contributed by atoms with Gasteiger partial charge < -0.3 is 20.6 Å². The minimum Gasteiger partial charge on any atom is -0.393 e. The molecule has 8 heteroatoms. The van der Waals surface area contributed by atoms with E-state index in [1.807, 2.05) is 0 Å². The lowest BCUT2D eigenvalue weighted by molar-refractivity contribution is -0.133. The number of hydrogen-bond acceptors (Lipinski definition) is 7. The van der Waals surface area contributed by atoms with E-state index in [-0.39, 0.29) is 30.0 Å². The standard InChI is InChI=1S/C20H30N6O2/c1-26(2)19(28)13-6-8-15(9-7-13)24-20-22-12-14(11-21)18(25-20)23-16-4-3-5-17(27)10-16/h12-13,15-17,27H,3-10H2,1-2H3,(H2,22,23,24,25)/t13?,15?,16-,17-/m1/s1.